The average molecular weight is 152 g/mol. The van der Waals surface area contributed by atoms with Crippen LogP contribution in [0.25, 0.3) is 0 Å². The zero-order valence-corrected chi connectivity index (χ0v) is 6.01. The van der Waals surface area contributed by atoms with E-state index in [0.29, 0.717) is 5.82 Å². The van der Waals surface area contributed by atoms with Gasteiger partial charge in [0.05, 0.1) is 5.56 Å². The van der Waals surface area contributed by atoms with Gasteiger partial charge in [0.25, 0.3) is 5.56 Å². The van der Waals surface area contributed by atoms with E-state index in [1.54, 1.807) is 6.92 Å². The normalized spacial score (nSPS) is 9.55. The Morgan fingerprint density at radius 3 is 2.91 bits per heavy atom. The first-order chi connectivity index (χ1) is 5.11. The quantitative estimate of drug-likeness (QED) is 0.369. The summed E-state index contributed by atoms with van der Waals surface area (Å²) in [7, 11) is 0. The molecule has 1 heterocycles. The van der Waals surface area contributed by atoms with Crippen molar-refractivity contribution in [3.05, 3.63) is 27.9 Å². The lowest BCUT2D eigenvalue weighted by atomic mass is 10.3. The van der Waals surface area contributed by atoms with Crippen LogP contribution in [0.2, 0.25) is 0 Å². The molecule has 1 aromatic heterocycles. The van der Waals surface area contributed by atoms with Crippen LogP contribution >= 0.6 is 0 Å². The summed E-state index contributed by atoms with van der Waals surface area (Å²) in [5.74, 6) is 0.249. The van der Waals surface area contributed by atoms with Crippen molar-refractivity contribution in [1.82, 2.24) is 9.97 Å². The predicted octanol–water partition coefficient (Wildman–Crippen LogP) is -0.638. The Bertz CT molecular complexity index is 341. The molecular formula is C6H8N4O. The predicted molar refractivity (Wildman–Crippen MR) is 40.6 cm³/mol. The number of nitrogens with two attached hydrogens (primary N) is 1. The van der Waals surface area contributed by atoms with Crippen molar-refractivity contribution < 1.29 is 0 Å². The Balaban J connectivity index is 3.32. The molecule has 1 aromatic rings. The highest BCUT2D eigenvalue weighted by atomic mass is 16.1. The lowest BCUT2D eigenvalue weighted by Crippen LogP contribution is -2.24. The highest BCUT2D eigenvalue weighted by Gasteiger charge is 2.01. The smallest absolute Gasteiger partial charge is 0.261 e. The van der Waals surface area contributed by atoms with E-state index >= 15 is 0 Å². The van der Waals surface area contributed by atoms with Crippen molar-refractivity contribution in [1.29, 1.82) is 5.41 Å². The molecule has 0 amide bonds. The van der Waals surface area contributed by atoms with Gasteiger partial charge in [-0.25, -0.2) is 4.98 Å². The van der Waals surface area contributed by atoms with E-state index in [4.69, 9.17) is 11.1 Å². The van der Waals surface area contributed by atoms with Gasteiger partial charge >= 0.3 is 0 Å². The van der Waals surface area contributed by atoms with Crippen molar-refractivity contribution in [3.63, 3.8) is 0 Å². The van der Waals surface area contributed by atoms with Gasteiger partial charge in [0.2, 0.25) is 0 Å². The molecule has 1 rings (SSSR count). The third kappa shape index (κ3) is 1.43. The van der Waals surface area contributed by atoms with Gasteiger partial charge in [0, 0.05) is 6.20 Å². The maximum atomic E-state index is 11.0. The minimum atomic E-state index is -0.370. The van der Waals surface area contributed by atoms with E-state index in [1.807, 2.05) is 0 Å². The van der Waals surface area contributed by atoms with Crippen LogP contribution in [0.1, 0.15) is 11.4 Å². The van der Waals surface area contributed by atoms with Crippen LogP contribution in [0.15, 0.2) is 11.0 Å². The third-order valence-corrected chi connectivity index (χ3v) is 1.22. The number of aromatic amines is 1. The van der Waals surface area contributed by atoms with Crippen molar-refractivity contribution in [3.8, 4) is 0 Å². The molecule has 5 heteroatoms. The molecule has 0 aliphatic heterocycles. The summed E-state index contributed by atoms with van der Waals surface area (Å²) in [6, 6.07) is 0. The fourth-order valence-corrected chi connectivity index (χ4v) is 0.676. The first-order valence-electron chi connectivity index (χ1n) is 3.01. The summed E-state index contributed by atoms with van der Waals surface area (Å²) in [5, 5.41) is 6.96. The third-order valence-electron chi connectivity index (χ3n) is 1.22. The number of aromatic nitrogens is 2. The van der Waals surface area contributed by atoms with E-state index in [-0.39, 0.29) is 17.0 Å². The first kappa shape index (κ1) is 7.46. The van der Waals surface area contributed by atoms with E-state index in [9.17, 15) is 4.79 Å². The number of nitrogens with zero attached hydrogens (tertiary/aromatic N) is 1. The van der Waals surface area contributed by atoms with Crippen molar-refractivity contribution in [2.24, 2.45) is 5.73 Å². The molecule has 0 fully saturated rings. The number of nitrogens with one attached hydrogen (secondary N) is 2. The van der Waals surface area contributed by atoms with Gasteiger partial charge in [-0.1, -0.05) is 0 Å². The molecule has 4 N–H and O–H groups in total. The molecule has 0 aliphatic carbocycles. The number of aryl methyl sites for hydroxylation is 1. The largest absolute Gasteiger partial charge is 0.383 e. The minimum Gasteiger partial charge on any atom is -0.383 e. The molecule has 0 atom stereocenters. The Morgan fingerprint density at radius 2 is 2.45 bits per heavy atom. The molecule has 0 spiro atoms. The summed E-state index contributed by atoms with van der Waals surface area (Å²) < 4.78 is 0. The minimum absolute atomic E-state index is 0.107. The number of nitrogen functional groups attached to an aromatic ring is 1. The first-order valence-corrected chi connectivity index (χ1v) is 3.01. The van der Waals surface area contributed by atoms with Crippen LogP contribution < -0.4 is 11.3 Å². The maximum absolute atomic E-state index is 11.0. The fraction of sp³-hybridized carbons (Fsp3) is 0.167. The average Bonchev–Trinajstić information content (AvgIpc) is 1.85. The van der Waals surface area contributed by atoms with Gasteiger partial charge in [0.15, 0.2) is 0 Å². The standard InChI is InChI=1S/C6H8N4O/c1-3-9-2-4(5(7)8)6(11)10-3/h2H,1H3,(H3,7,8)(H,9,10,11). The Labute approximate surface area is 62.8 Å². The summed E-state index contributed by atoms with van der Waals surface area (Å²) in [5.41, 5.74) is 4.82. The van der Waals surface area contributed by atoms with Crippen LogP contribution in [-0.2, 0) is 0 Å². The molecule has 0 saturated carbocycles. The number of amidine groups is 1. The maximum Gasteiger partial charge on any atom is 0.261 e. The SMILES string of the molecule is Cc1ncc(C(=N)N)c(=O)[nH]1. The van der Waals surface area contributed by atoms with Crippen molar-refractivity contribution in [2.45, 2.75) is 6.92 Å². The second-order valence-electron chi connectivity index (χ2n) is 2.13. The second kappa shape index (κ2) is 2.53. The van der Waals surface area contributed by atoms with Crippen LogP contribution in [0.4, 0.5) is 0 Å². The Kier molecular flexibility index (Phi) is 1.72. The van der Waals surface area contributed by atoms with Crippen LogP contribution in [-0.4, -0.2) is 15.8 Å². The summed E-state index contributed by atoms with van der Waals surface area (Å²) in [6.45, 7) is 1.66. The molecule has 11 heavy (non-hydrogen) atoms. The molecule has 0 unspecified atom stereocenters. The van der Waals surface area contributed by atoms with E-state index in [2.05, 4.69) is 9.97 Å². The van der Waals surface area contributed by atoms with E-state index in [1.165, 1.54) is 6.20 Å². The monoisotopic (exact) mass is 152 g/mol. The lowest BCUT2D eigenvalue weighted by molar-refractivity contribution is 1.01. The molecule has 0 aromatic carbocycles. The van der Waals surface area contributed by atoms with Gasteiger partial charge < -0.3 is 10.7 Å². The van der Waals surface area contributed by atoms with Crippen LogP contribution in [0.5, 0.6) is 0 Å². The van der Waals surface area contributed by atoms with Gasteiger partial charge in [0.1, 0.15) is 11.7 Å². The van der Waals surface area contributed by atoms with Gasteiger partial charge in [-0.2, -0.15) is 0 Å². The molecule has 58 valence electrons. The molecular weight excluding hydrogens is 144 g/mol. The molecule has 0 bridgehead atoms. The highest BCUT2D eigenvalue weighted by molar-refractivity contribution is 5.94. The summed E-state index contributed by atoms with van der Waals surface area (Å²) in [6.07, 6.45) is 1.29. The zero-order chi connectivity index (χ0) is 8.43. The molecule has 5 nitrogen and oxygen atoms in total. The van der Waals surface area contributed by atoms with Crippen molar-refractivity contribution >= 4 is 5.84 Å². The lowest BCUT2D eigenvalue weighted by Gasteiger charge is -1.95. The summed E-state index contributed by atoms with van der Waals surface area (Å²) in [4.78, 5) is 17.2. The van der Waals surface area contributed by atoms with Gasteiger partial charge in [-0.3, -0.25) is 10.2 Å². The van der Waals surface area contributed by atoms with E-state index in [0.717, 1.165) is 0 Å². The highest BCUT2D eigenvalue weighted by Crippen LogP contribution is 1.85. The van der Waals surface area contributed by atoms with Gasteiger partial charge in [-0.05, 0) is 6.92 Å². The number of hydrogen-bond acceptors (Lipinski definition) is 3. The number of hydrogen-bond donors (Lipinski definition) is 3. The Hall–Kier alpha value is -1.65. The topological polar surface area (TPSA) is 95.6 Å². The van der Waals surface area contributed by atoms with Gasteiger partial charge in [-0.15, -0.1) is 0 Å². The van der Waals surface area contributed by atoms with E-state index < -0.39 is 0 Å². The number of rotatable bonds is 1. The van der Waals surface area contributed by atoms with Crippen LogP contribution in [0, 0.1) is 12.3 Å². The zero-order valence-electron chi connectivity index (χ0n) is 6.01. The van der Waals surface area contributed by atoms with Crippen LogP contribution in [0.3, 0.4) is 0 Å². The fourth-order valence-electron chi connectivity index (χ4n) is 0.676. The van der Waals surface area contributed by atoms with Crippen molar-refractivity contribution in [2.75, 3.05) is 0 Å². The molecule has 0 radical (unpaired) electrons. The molecule has 0 aliphatic rings. The summed E-state index contributed by atoms with van der Waals surface area (Å²) >= 11 is 0. The number of H-pyrrole nitrogens is 1. The Morgan fingerprint density at radius 1 is 1.82 bits per heavy atom. The molecule has 0 saturated heterocycles. The second-order valence-corrected chi connectivity index (χ2v) is 2.13.